The molecule has 7 nitrogen and oxygen atoms in total. The molecule has 1 aromatic rings. The molecule has 1 fully saturated rings. The summed E-state index contributed by atoms with van der Waals surface area (Å²) < 4.78 is 1.17. The molecule has 2 heterocycles. The Morgan fingerprint density at radius 2 is 2.05 bits per heavy atom. The van der Waals surface area contributed by atoms with Gasteiger partial charge >= 0.3 is 5.97 Å². The summed E-state index contributed by atoms with van der Waals surface area (Å²) in [6.45, 7) is 4.33. The van der Waals surface area contributed by atoms with E-state index in [0.29, 0.717) is 30.8 Å². The standard InChI is InChI=1S/C14H19N3O4/c1-8-9(2)15-16(3)13(20)12(8)14(21)17-5-4-10(7-17)6-11(18)19/h10H,4-7H2,1-3H3,(H,18,19). The van der Waals surface area contributed by atoms with Crippen molar-refractivity contribution in [2.24, 2.45) is 13.0 Å². The van der Waals surface area contributed by atoms with Crippen molar-refractivity contribution in [2.75, 3.05) is 13.1 Å². The highest BCUT2D eigenvalue weighted by molar-refractivity contribution is 5.95. The average molecular weight is 293 g/mol. The number of nitrogens with zero attached hydrogens (tertiary/aromatic N) is 3. The van der Waals surface area contributed by atoms with Crippen molar-refractivity contribution >= 4 is 11.9 Å². The first kappa shape index (κ1) is 15.2. The molecule has 1 atom stereocenters. The number of carboxylic acid groups (broad SMARTS) is 1. The molecule has 0 saturated carbocycles. The van der Waals surface area contributed by atoms with Crippen LogP contribution in [0, 0.1) is 19.8 Å². The Balaban J connectivity index is 2.26. The molecule has 1 aliphatic heterocycles. The lowest BCUT2D eigenvalue weighted by atomic mass is 10.1. The molecule has 0 aromatic carbocycles. The van der Waals surface area contributed by atoms with Crippen LogP contribution in [-0.2, 0) is 11.8 Å². The zero-order chi connectivity index (χ0) is 15.7. The molecule has 0 spiro atoms. The van der Waals surface area contributed by atoms with Crippen molar-refractivity contribution in [3.05, 3.63) is 27.2 Å². The molecule has 1 unspecified atom stereocenters. The van der Waals surface area contributed by atoms with E-state index >= 15 is 0 Å². The molecule has 1 amide bonds. The van der Waals surface area contributed by atoms with Crippen molar-refractivity contribution in [3.63, 3.8) is 0 Å². The molecule has 2 rings (SSSR count). The van der Waals surface area contributed by atoms with Crippen LogP contribution in [0.2, 0.25) is 0 Å². The molecule has 1 aliphatic rings. The van der Waals surface area contributed by atoms with E-state index in [1.807, 2.05) is 0 Å². The van der Waals surface area contributed by atoms with Crippen molar-refractivity contribution in [2.45, 2.75) is 26.7 Å². The van der Waals surface area contributed by atoms with Gasteiger partial charge in [0.25, 0.3) is 11.5 Å². The summed E-state index contributed by atoms with van der Waals surface area (Å²) in [5, 5.41) is 12.9. The number of hydrogen-bond acceptors (Lipinski definition) is 4. The Morgan fingerprint density at radius 3 is 2.67 bits per heavy atom. The van der Waals surface area contributed by atoms with Crippen LogP contribution in [0.1, 0.15) is 34.5 Å². The smallest absolute Gasteiger partial charge is 0.303 e. The van der Waals surface area contributed by atoms with Crippen molar-refractivity contribution in [3.8, 4) is 0 Å². The van der Waals surface area contributed by atoms with Crippen LogP contribution in [-0.4, -0.2) is 44.8 Å². The van der Waals surface area contributed by atoms with Gasteiger partial charge in [-0.15, -0.1) is 0 Å². The van der Waals surface area contributed by atoms with Crippen molar-refractivity contribution in [1.82, 2.24) is 14.7 Å². The fourth-order valence-corrected chi connectivity index (χ4v) is 2.69. The van der Waals surface area contributed by atoms with Gasteiger partial charge < -0.3 is 10.0 Å². The van der Waals surface area contributed by atoms with Crippen LogP contribution in [0.25, 0.3) is 0 Å². The second-order valence-corrected chi connectivity index (χ2v) is 5.52. The van der Waals surface area contributed by atoms with E-state index in [2.05, 4.69) is 5.10 Å². The number of carbonyl (C=O) groups is 2. The van der Waals surface area contributed by atoms with Gasteiger partial charge in [-0.3, -0.25) is 14.4 Å². The zero-order valence-electron chi connectivity index (χ0n) is 12.4. The molecule has 0 bridgehead atoms. The topological polar surface area (TPSA) is 92.5 Å². The minimum atomic E-state index is -0.860. The lowest BCUT2D eigenvalue weighted by Gasteiger charge is -2.18. The first-order chi connectivity index (χ1) is 9.81. The Kier molecular flexibility index (Phi) is 4.11. The first-order valence-corrected chi connectivity index (χ1v) is 6.86. The maximum absolute atomic E-state index is 12.6. The van der Waals surface area contributed by atoms with Gasteiger partial charge in [0.2, 0.25) is 0 Å². The third-order valence-electron chi connectivity index (χ3n) is 3.98. The minimum Gasteiger partial charge on any atom is -0.481 e. The summed E-state index contributed by atoms with van der Waals surface area (Å²) in [4.78, 5) is 37.0. The number of aliphatic carboxylic acids is 1. The van der Waals surface area contributed by atoms with Crippen LogP contribution in [0.15, 0.2) is 4.79 Å². The van der Waals surface area contributed by atoms with Gasteiger partial charge in [0.05, 0.1) is 5.69 Å². The van der Waals surface area contributed by atoms with Gasteiger partial charge in [-0.05, 0) is 31.7 Å². The highest BCUT2D eigenvalue weighted by Gasteiger charge is 2.31. The minimum absolute atomic E-state index is 0.0430. The molecule has 7 heteroatoms. The Morgan fingerprint density at radius 1 is 1.38 bits per heavy atom. The number of amides is 1. The van der Waals surface area contributed by atoms with E-state index in [4.69, 9.17) is 5.11 Å². The summed E-state index contributed by atoms with van der Waals surface area (Å²) in [6, 6.07) is 0. The third kappa shape index (κ3) is 2.96. The molecular formula is C14H19N3O4. The van der Waals surface area contributed by atoms with E-state index < -0.39 is 11.5 Å². The SMILES string of the molecule is Cc1nn(C)c(=O)c(C(=O)N2CCC(CC(=O)O)C2)c1C. The van der Waals surface area contributed by atoms with E-state index in [-0.39, 0.29) is 23.8 Å². The summed E-state index contributed by atoms with van der Waals surface area (Å²) in [7, 11) is 1.52. The van der Waals surface area contributed by atoms with Gasteiger partial charge in [-0.25, -0.2) is 4.68 Å². The lowest BCUT2D eigenvalue weighted by Crippen LogP contribution is -2.37. The lowest BCUT2D eigenvalue weighted by molar-refractivity contribution is -0.138. The Hall–Kier alpha value is -2.18. The molecule has 21 heavy (non-hydrogen) atoms. The summed E-state index contributed by atoms with van der Waals surface area (Å²) in [6.07, 6.45) is 0.706. The number of carbonyl (C=O) groups excluding carboxylic acids is 1. The van der Waals surface area contributed by atoms with Crippen molar-refractivity contribution in [1.29, 1.82) is 0 Å². The van der Waals surface area contributed by atoms with Gasteiger partial charge in [0.15, 0.2) is 0 Å². The normalized spacial score (nSPS) is 18.0. The number of likely N-dealkylation sites (tertiary alicyclic amines) is 1. The summed E-state index contributed by atoms with van der Waals surface area (Å²) in [5.41, 5.74) is 0.956. The number of carboxylic acids is 1. The Bertz CT molecular complexity index is 650. The van der Waals surface area contributed by atoms with Gasteiger partial charge in [0.1, 0.15) is 5.56 Å². The highest BCUT2D eigenvalue weighted by Crippen LogP contribution is 2.21. The van der Waals surface area contributed by atoms with Crippen LogP contribution >= 0.6 is 0 Å². The van der Waals surface area contributed by atoms with Gasteiger partial charge in [-0.1, -0.05) is 0 Å². The predicted octanol–water partition coefficient (Wildman–Crippen LogP) is 0.334. The number of aromatic nitrogens is 2. The fraction of sp³-hybridized carbons (Fsp3) is 0.571. The summed E-state index contributed by atoms with van der Waals surface area (Å²) >= 11 is 0. The molecular weight excluding hydrogens is 274 g/mol. The first-order valence-electron chi connectivity index (χ1n) is 6.86. The fourth-order valence-electron chi connectivity index (χ4n) is 2.69. The van der Waals surface area contributed by atoms with E-state index in [1.54, 1.807) is 18.7 Å². The second kappa shape index (κ2) is 5.67. The molecule has 0 radical (unpaired) electrons. The maximum Gasteiger partial charge on any atom is 0.303 e. The number of aryl methyl sites for hydroxylation is 2. The molecule has 1 aromatic heterocycles. The van der Waals surface area contributed by atoms with Crippen LogP contribution in [0.5, 0.6) is 0 Å². The molecule has 1 N–H and O–H groups in total. The second-order valence-electron chi connectivity index (χ2n) is 5.52. The Labute approximate surface area is 122 Å². The quantitative estimate of drug-likeness (QED) is 0.867. The van der Waals surface area contributed by atoms with E-state index in [1.165, 1.54) is 11.7 Å². The van der Waals surface area contributed by atoms with Gasteiger partial charge in [-0.2, -0.15) is 5.10 Å². The molecule has 114 valence electrons. The van der Waals surface area contributed by atoms with Crippen LogP contribution in [0.3, 0.4) is 0 Å². The van der Waals surface area contributed by atoms with Crippen LogP contribution < -0.4 is 5.56 Å². The molecule has 1 saturated heterocycles. The third-order valence-corrected chi connectivity index (χ3v) is 3.98. The zero-order valence-corrected chi connectivity index (χ0v) is 12.4. The van der Waals surface area contributed by atoms with E-state index in [0.717, 1.165) is 0 Å². The monoisotopic (exact) mass is 293 g/mol. The van der Waals surface area contributed by atoms with Gasteiger partial charge in [0, 0.05) is 26.6 Å². The highest BCUT2D eigenvalue weighted by atomic mass is 16.4. The van der Waals surface area contributed by atoms with Crippen molar-refractivity contribution < 1.29 is 14.7 Å². The average Bonchev–Trinajstić information content (AvgIpc) is 2.84. The molecule has 0 aliphatic carbocycles. The number of hydrogen-bond donors (Lipinski definition) is 1. The van der Waals surface area contributed by atoms with Crippen LogP contribution in [0.4, 0.5) is 0 Å². The predicted molar refractivity (Wildman–Crippen MR) is 75.2 cm³/mol. The largest absolute Gasteiger partial charge is 0.481 e. The number of rotatable bonds is 3. The maximum atomic E-state index is 12.6. The summed E-state index contributed by atoms with van der Waals surface area (Å²) in [5.74, 6) is -1.23. The van der Waals surface area contributed by atoms with E-state index in [9.17, 15) is 14.4 Å².